The number of fused-ring (bicyclic) bond motifs is 1. The lowest BCUT2D eigenvalue weighted by Crippen LogP contribution is -2.18. The Balaban J connectivity index is 1.94. The van der Waals surface area contributed by atoms with Gasteiger partial charge >= 0.3 is 0 Å². The molecule has 0 aromatic heterocycles. The van der Waals surface area contributed by atoms with Gasteiger partial charge in [0.1, 0.15) is 0 Å². The summed E-state index contributed by atoms with van der Waals surface area (Å²) in [5.74, 6) is 0.432. The molecule has 1 aromatic rings. The quantitative estimate of drug-likeness (QED) is 0.738. The maximum absolute atomic E-state index is 7.81. The van der Waals surface area contributed by atoms with Crippen molar-refractivity contribution >= 4 is 5.69 Å². The average Bonchev–Trinajstić information content (AvgIpc) is 2.95. The summed E-state index contributed by atoms with van der Waals surface area (Å²) in [5, 5.41) is 0. The molecular weight excluding hydrogens is 218 g/mol. The Morgan fingerprint density at radius 1 is 1.33 bits per heavy atom. The number of allylic oxidation sites excluding steroid dienone is 4. The summed E-state index contributed by atoms with van der Waals surface area (Å²) in [5.41, 5.74) is 3.83. The largest absolute Gasteiger partial charge is 0.317 e. The zero-order chi connectivity index (χ0) is 13.2. The molecule has 0 spiro atoms. The minimum Gasteiger partial charge on any atom is -0.317 e. The van der Waals surface area contributed by atoms with Crippen LogP contribution in [0.3, 0.4) is 0 Å². The number of rotatable bonds is 4. The molecule has 1 aliphatic carbocycles. The fraction of sp³-hybridized carbons (Fsp3) is 0.294. The van der Waals surface area contributed by atoms with Gasteiger partial charge in [0, 0.05) is 23.0 Å². The molecule has 1 aliphatic heterocycles. The van der Waals surface area contributed by atoms with E-state index >= 15 is 0 Å². The second kappa shape index (κ2) is 4.85. The second-order valence-corrected chi connectivity index (χ2v) is 4.86. The van der Waals surface area contributed by atoms with Crippen LogP contribution in [0.2, 0.25) is 0 Å². The Bertz CT molecular complexity index is 568. The fourth-order valence-corrected chi connectivity index (χ4v) is 2.69. The van der Waals surface area contributed by atoms with Crippen LogP contribution in [0, 0.1) is 5.92 Å². The highest BCUT2D eigenvalue weighted by Crippen LogP contribution is 2.40. The van der Waals surface area contributed by atoms with E-state index in [0.717, 1.165) is 12.1 Å². The molecule has 92 valence electrons. The molecule has 0 bridgehead atoms. The molecule has 1 heteroatoms. The van der Waals surface area contributed by atoms with Gasteiger partial charge in [0.05, 0.1) is 1.37 Å². The monoisotopic (exact) mass is 238 g/mol. The van der Waals surface area contributed by atoms with Gasteiger partial charge in [-0.15, -0.1) is 0 Å². The van der Waals surface area contributed by atoms with Gasteiger partial charge in [-0.1, -0.05) is 49.7 Å². The van der Waals surface area contributed by atoms with E-state index < -0.39 is 0 Å². The maximum atomic E-state index is 7.81. The number of hydrogen-bond acceptors (Lipinski definition) is 1. The minimum atomic E-state index is 0.432. The first-order valence-electron chi connectivity index (χ1n) is 7.25. The molecule has 1 unspecified atom stereocenters. The molecule has 1 aromatic carbocycles. The third-order valence-electron chi connectivity index (χ3n) is 3.58. The predicted molar refractivity (Wildman–Crippen MR) is 77.2 cm³/mol. The fourth-order valence-electron chi connectivity index (χ4n) is 2.69. The van der Waals surface area contributed by atoms with Gasteiger partial charge in [-0.05, 0) is 31.1 Å². The molecular formula is C17H19N. The number of anilines is 1. The Hall–Kier alpha value is -1.76. The van der Waals surface area contributed by atoms with E-state index in [4.69, 9.17) is 1.37 Å². The van der Waals surface area contributed by atoms with Gasteiger partial charge < -0.3 is 4.90 Å². The first-order chi connectivity index (χ1) is 9.29. The highest BCUT2D eigenvalue weighted by molar-refractivity contribution is 5.64. The summed E-state index contributed by atoms with van der Waals surface area (Å²) in [6.07, 6.45) is 12.5. The van der Waals surface area contributed by atoms with Crippen molar-refractivity contribution in [3.05, 3.63) is 66.0 Å². The van der Waals surface area contributed by atoms with Gasteiger partial charge in [-0.3, -0.25) is 0 Å². The number of para-hydroxylation sites is 1. The Morgan fingerprint density at radius 3 is 3.11 bits per heavy atom. The van der Waals surface area contributed by atoms with Crippen LogP contribution in [0.5, 0.6) is 0 Å². The van der Waals surface area contributed by atoms with Crippen molar-refractivity contribution in [1.82, 2.24) is 0 Å². The van der Waals surface area contributed by atoms with E-state index in [1.165, 1.54) is 24.2 Å². The van der Waals surface area contributed by atoms with Crippen LogP contribution in [0.25, 0.3) is 0 Å². The van der Waals surface area contributed by atoms with E-state index in [9.17, 15) is 0 Å². The van der Waals surface area contributed by atoms with Crippen LogP contribution in [0.1, 0.15) is 27.6 Å². The number of unbranched alkanes of at least 4 members (excludes halogenated alkanes) is 1. The molecule has 18 heavy (non-hydrogen) atoms. The summed E-state index contributed by atoms with van der Waals surface area (Å²) >= 11 is 0. The molecule has 0 radical (unpaired) electrons. The lowest BCUT2D eigenvalue weighted by Gasteiger charge is -2.25. The Kier molecular flexibility index (Phi) is 2.75. The number of benzene rings is 1. The molecule has 1 atom stereocenters. The molecule has 0 saturated carbocycles. The summed E-state index contributed by atoms with van der Waals surface area (Å²) < 4.78 is 7.81. The van der Waals surface area contributed by atoms with Crippen molar-refractivity contribution in [1.29, 1.82) is 0 Å². The summed E-state index contributed by atoms with van der Waals surface area (Å²) in [4.78, 5) is 2.33. The molecule has 1 heterocycles. The van der Waals surface area contributed by atoms with Crippen molar-refractivity contribution in [3.8, 4) is 0 Å². The van der Waals surface area contributed by atoms with Crippen LogP contribution in [0.15, 0.2) is 66.0 Å². The Labute approximate surface area is 111 Å². The minimum absolute atomic E-state index is 0.432. The van der Waals surface area contributed by atoms with Crippen LogP contribution in [-0.2, 0) is 0 Å². The summed E-state index contributed by atoms with van der Waals surface area (Å²) in [6, 6.07) is 8.40. The highest BCUT2D eigenvalue weighted by atomic mass is 15.2. The van der Waals surface area contributed by atoms with Crippen LogP contribution < -0.4 is 4.90 Å². The molecule has 3 rings (SSSR count). The van der Waals surface area contributed by atoms with Crippen molar-refractivity contribution < 1.29 is 1.37 Å². The molecule has 0 saturated heterocycles. The van der Waals surface area contributed by atoms with Crippen molar-refractivity contribution in [2.45, 2.75) is 26.2 Å². The topological polar surface area (TPSA) is 3.24 Å². The zero-order valence-electron chi connectivity index (χ0n) is 11.8. The van der Waals surface area contributed by atoms with E-state index in [0.29, 0.717) is 12.0 Å². The SMILES string of the molecule is [2H]c1cccc(N2C(CCCC)=CC3C=CC=C32)c1. The maximum Gasteiger partial charge on any atom is 0.0623 e. The molecule has 0 N–H and O–H groups in total. The molecule has 1 nitrogen and oxygen atoms in total. The third-order valence-corrected chi connectivity index (χ3v) is 3.58. The third kappa shape index (κ3) is 1.90. The van der Waals surface area contributed by atoms with E-state index in [1.54, 1.807) is 0 Å². The number of hydrogen-bond donors (Lipinski definition) is 0. The second-order valence-electron chi connectivity index (χ2n) is 4.86. The Morgan fingerprint density at radius 2 is 2.28 bits per heavy atom. The zero-order valence-corrected chi connectivity index (χ0v) is 10.8. The smallest absolute Gasteiger partial charge is 0.0623 e. The highest BCUT2D eigenvalue weighted by Gasteiger charge is 2.29. The van der Waals surface area contributed by atoms with Gasteiger partial charge in [0.2, 0.25) is 0 Å². The first kappa shape index (κ1) is 10.2. The van der Waals surface area contributed by atoms with Gasteiger partial charge in [-0.25, -0.2) is 0 Å². The van der Waals surface area contributed by atoms with Gasteiger partial charge in [0.15, 0.2) is 0 Å². The van der Waals surface area contributed by atoms with Crippen LogP contribution >= 0.6 is 0 Å². The van der Waals surface area contributed by atoms with E-state index in [2.05, 4.69) is 42.2 Å². The van der Waals surface area contributed by atoms with Crippen molar-refractivity contribution in [3.63, 3.8) is 0 Å². The van der Waals surface area contributed by atoms with Crippen molar-refractivity contribution in [2.75, 3.05) is 4.90 Å². The predicted octanol–water partition coefficient (Wildman–Crippen LogP) is 4.65. The lowest BCUT2D eigenvalue weighted by molar-refractivity contribution is 0.775. The standard InChI is InChI=1S/C17H19N/c1-2-3-9-16-13-14-8-7-12-17(14)18(16)15-10-5-4-6-11-15/h4-8,10-14H,2-3,9H2,1H3/i5D. The van der Waals surface area contributed by atoms with Gasteiger partial charge in [0.25, 0.3) is 0 Å². The molecule has 2 aliphatic rings. The lowest BCUT2D eigenvalue weighted by atomic mass is 10.1. The normalized spacial score (nSPS) is 21.7. The molecule has 0 amide bonds. The van der Waals surface area contributed by atoms with Gasteiger partial charge in [-0.2, -0.15) is 0 Å². The van der Waals surface area contributed by atoms with Crippen LogP contribution in [-0.4, -0.2) is 0 Å². The van der Waals surface area contributed by atoms with E-state index in [-0.39, 0.29) is 0 Å². The summed E-state index contributed by atoms with van der Waals surface area (Å²) in [7, 11) is 0. The van der Waals surface area contributed by atoms with E-state index in [1.807, 2.05) is 18.2 Å². The van der Waals surface area contributed by atoms with Crippen LogP contribution in [0.4, 0.5) is 5.69 Å². The van der Waals surface area contributed by atoms with Crippen molar-refractivity contribution in [2.24, 2.45) is 5.92 Å². The first-order valence-corrected chi connectivity index (χ1v) is 6.75. The molecule has 0 fully saturated rings. The summed E-state index contributed by atoms with van der Waals surface area (Å²) in [6.45, 7) is 2.23. The number of nitrogens with zero attached hydrogens (tertiary/aromatic N) is 1. The average molecular weight is 238 g/mol.